The molecule has 7 heteroatoms. The van der Waals surface area contributed by atoms with Gasteiger partial charge in [-0.1, -0.05) is 66.7 Å². The van der Waals surface area contributed by atoms with E-state index in [2.05, 4.69) is 10.0 Å². The maximum absolute atomic E-state index is 12.9. The molecule has 32 heavy (non-hydrogen) atoms. The number of anilines is 2. The van der Waals surface area contributed by atoms with Gasteiger partial charge in [0.25, 0.3) is 10.0 Å². The molecule has 4 aromatic rings. The molecule has 1 amide bonds. The highest BCUT2D eigenvalue weighted by Crippen LogP contribution is 2.26. The van der Waals surface area contributed by atoms with Gasteiger partial charge >= 0.3 is 0 Å². The Balaban J connectivity index is 1.37. The third kappa shape index (κ3) is 5.49. The Kier molecular flexibility index (Phi) is 6.78. The number of carbonyl (C=O) groups excluding carboxylic acids is 1. The van der Waals surface area contributed by atoms with Gasteiger partial charge in [-0.25, -0.2) is 8.42 Å². The van der Waals surface area contributed by atoms with Crippen LogP contribution in [0.15, 0.2) is 102 Å². The Labute approximate surface area is 191 Å². The van der Waals surface area contributed by atoms with Crippen molar-refractivity contribution in [1.82, 2.24) is 0 Å². The molecule has 0 unspecified atom stereocenters. The molecule has 0 aliphatic carbocycles. The van der Waals surface area contributed by atoms with Crippen molar-refractivity contribution in [2.75, 3.05) is 15.8 Å². The summed E-state index contributed by atoms with van der Waals surface area (Å²) < 4.78 is 28.4. The molecule has 0 saturated heterocycles. The molecule has 0 atom stereocenters. The number of thioether (sulfide) groups is 1. The minimum absolute atomic E-state index is 0.127. The lowest BCUT2D eigenvalue weighted by molar-refractivity contribution is -0.113. The molecule has 0 aliphatic rings. The van der Waals surface area contributed by atoms with Crippen LogP contribution in [-0.2, 0) is 20.6 Å². The van der Waals surface area contributed by atoms with Crippen LogP contribution in [-0.4, -0.2) is 20.1 Å². The summed E-state index contributed by atoms with van der Waals surface area (Å²) in [6.45, 7) is 0. The topological polar surface area (TPSA) is 75.3 Å². The second-order valence-corrected chi connectivity index (χ2v) is 9.85. The summed E-state index contributed by atoms with van der Waals surface area (Å²) in [5.74, 6) is 0.943. The van der Waals surface area contributed by atoms with Gasteiger partial charge in [0.2, 0.25) is 5.91 Å². The zero-order chi connectivity index (χ0) is 22.4. The van der Waals surface area contributed by atoms with Crippen molar-refractivity contribution < 1.29 is 13.2 Å². The number of rotatable bonds is 8. The largest absolute Gasteiger partial charge is 0.325 e. The lowest BCUT2D eigenvalue weighted by atomic mass is 10.1. The van der Waals surface area contributed by atoms with Gasteiger partial charge in [0.05, 0.1) is 16.3 Å². The zero-order valence-corrected chi connectivity index (χ0v) is 18.8. The summed E-state index contributed by atoms with van der Waals surface area (Å²) in [5, 5.41) is 4.59. The van der Waals surface area contributed by atoms with Gasteiger partial charge in [0.15, 0.2) is 0 Å². The van der Waals surface area contributed by atoms with Crippen molar-refractivity contribution in [2.24, 2.45) is 0 Å². The Morgan fingerprint density at radius 1 is 0.781 bits per heavy atom. The minimum atomic E-state index is -3.76. The molecule has 5 nitrogen and oxygen atoms in total. The predicted octanol–water partition coefficient (Wildman–Crippen LogP) is 5.51. The first kappa shape index (κ1) is 21.9. The summed E-state index contributed by atoms with van der Waals surface area (Å²) in [6.07, 6.45) is 0. The van der Waals surface area contributed by atoms with Gasteiger partial charge in [-0.05, 0) is 41.3 Å². The summed E-state index contributed by atoms with van der Waals surface area (Å²) in [7, 11) is -3.76. The molecular weight excluding hydrogens is 440 g/mol. The van der Waals surface area contributed by atoms with Crippen molar-refractivity contribution in [1.29, 1.82) is 0 Å². The molecule has 4 rings (SSSR count). The highest BCUT2D eigenvalue weighted by atomic mass is 32.2. The predicted molar refractivity (Wildman–Crippen MR) is 132 cm³/mol. The van der Waals surface area contributed by atoms with Crippen LogP contribution in [0, 0.1) is 0 Å². The van der Waals surface area contributed by atoms with E-state index < -0.39 is 10.0 Å². The van der Waals surface area contributed by atoms with Crippen LogP contribution >= 0.6 is 11.8 Å². The van der Waals surface area contributed by atoms with Gasteiger partial charge in [0, 0.05) is 16.8 Å². The Morgan fingerprint density at radius 3 is 2.25 bits per heavy atom. The van der Waals surface area contributed by atoms with E-state index in [1.807, 2.05) is 66.7 Å². The third-order valence-electron chi connectivity index (χ3n) is 4.83. The highest BCUT2D eigenvalue weighted by molar-refractivity contribution is 7.99. The van der Waals surface area contributed by atoms with Crippen LogP contribution in [0.2, 0.25) is 0 Å². The van der Waals surface area contributed by atoms with E-state index in [0.717, 1.165) is 16.5 Å². The molecular formula is C25H22N2O3S2. The second-order valence-electron chi connectivity index (χ2n) is 7.18. The van der Waals surface area contributed by atoms with Crippen molar-refractivity contribution in [3.8, 4) is 0 Å². The Morgan fingerprint density at radius 2 is 1.47 bits per heavy atom. The molecule has 162 valence electrons. The van der Waals surface area contributed by atoms with Crippen LogP contribution in [0.4, 0.5) is 11.4 Å². The number of nitrogens with one attached hydrogen (secondary N) is 2. The summed E-state index contributed by atoms with van der Waals surface area (Å²) in [5.41, 5.74) is 2.24. The quantitative estimate of drug-likeness (QED) is 0.362. The zero-order valence-electron chi connectivity index (χ0n) is 17.2. The highest BCUT2D eigenvalue weighted by Gasteiger charge is 2.15. The van der Waals surface area contributed by atoms with Crippen molar-refractivity contribution in [3.63, 3.8) is 0 Å². The van der Waals surface area contributed by atoms with Crippen LogP contribution in [0.25, 0.3) is 10.8 Å². The maximum Gasteiger partial charge on any atom is 0.261 e. The molecule has 0 fully saturated rings. The number of hydrogen-bond donors (Lipinski definition) is 2. The van der Waals surface area contributed by atoms with E-state index in [1.165, 1.54) is 29.5 Å². The van der Waals surface area contributed by atoms with Gasteiger partial charge in [-0.3, -0.25) is 9.52 Å². The van der Waals surface area contributed by atoms with Gasteiger partial charge in [0.1, 0.15) is 0 Å². The first-order chi connectivity index (χ1) is 15.5. The van der Waals surface area contributed by atoms with E-state index in [0.29, 0.717) is 17.1 Å². The maximum atomic E-state index is 12.9. The number of sulfonamides is 1. The average Bonchev–Trinajstić information content (AvgIpc) is 2.80. The molecule has 0 heterocycles. The van der Waals surface area contributed by atoms with Gasteiger partial charge < -0.3 is 5.32 Å². The summed E-state index contributed by atoms with van der Waals surface area (Å²) in [4.78, 5) is 12.3. The number of fused-ring (bicyclic) bond motifs is 1. The fourth-order valence-corrected chi connectivity index (χ4v) is 5.14. The van der Waals surface area contributed by atoms with E-state index in [9.17, 15) is 13.2 Å². The van der Waals surface area contributed by atoms with E-state index in [4.69, 9.17) is 0 Å². The SMILES string of the molecule is O=C(CSCc1ccccc1)Nc1ccc(S(=O)(=O)Nc2cccc3ccccc23)cc1. The monoisotopic (exact) mass is 462 g/mol. The smallest absolute Gasteiger partial charge is 0.261 e. The van der Waals surface area contributed by atoms with Crippen molar-refractivity contribution in [3.05, 3.63) is 103 Å². The van der Waals surface area contributed by atoms with Crippen LogP contribution in [0.1, 0.15) is 5.56 Å². The van der Waals surface area contributed by atoms with Crippen molar-refractivity contribution in [2.45, 2.75) is 10.6 Å². The first-order valence-electron chi connectivity index (χ1n) is 10.0. The van der Waals surface area contributed by atoms with Crippen LogP contribution in [0.5, 0.6) is 0 Å². The fourth-order valence-electron chi connectivity index (χ4n) is 3.27. The molecule has 0 aromatic heterocycles. The lowest BCUT2D eigenvalue weighted by Crippen LogP contribution is -2.15. The van der Waals surface area contributed by atoms with Crippen LogP contribution < -0.4 is 10.0 Å². The number of carbonyl (C=O) groups is 1. The van der Waals surface area contributed by atoms with E-state index in [-0.39, 0.29) is 10.8 Å². The number of amides is 1. The number of benzene rings is 4. The minimum Gasteiger partial charge on any atom is -0.325 e. The van der Waals surface area contributed by atoms with Gasteiger partial charge in [-0.15, -0.1) is 11.8 Å². The second kappa shape index (κ2) is 9.89. The molecule has 0 spiro atoms. The van der Waals surface area contributed by atoms with E-state index >= 15 is 0 Å². The molecule has 4 aromatic carbocycles. The Hall–Kier alpha value is -3.29. The summed E-state index contributed by atoms with van der Waals surface area (Å²) in [6, 6.07) is 29.2. The van der Waals surface area contributed by atoms with E-state index in [1.54, 1.807) is 18.2 Å². The lowest BCUT2D eigenvalue weighted by Gasteiger charge is -2.11. The molecule has 0 bridgehead atoms. The van der Waals surface area contributed by atoms with Gasteiger partial charge in [-0.2, -0.15) is 0 Å². The molecule has 2 N–H and O–H groups in total. The normalized spacial score (nSPS) is 11.2. The number of hydrogen-bond acceptors (Lipinski definition) is 4. The first-order valence-corrected chi connectivity index (χ1v) is 12.7. The molecule has 0 aliphatic heterocycles. The van der Waals surface area contributed by atoms with Crippen molar-refractivity contribution >= 4 is 49.8 Å². The Bertz CT molecular complexity index is 1320. The molecule has 0 radical (unpaired) electrons. The average molecular weight is 463 g/mol. The third-order valence-corrected chi connectivity index (χ3v) is 7.21. The van der Waals surface area contributed by atoms with Crippen LogP contribution in [0.3, 0.4) is 0 Å². The molecule has 0 saturated carbocycles. The summed E-state index contributed by atoms with van der Waals surface area (Å²) >= 11 is 1.53. The standard InChI is InChI=1S/C25H22N2O3S2/c28-25(18-31-17-19-7-2-1-3-8-19)26-21-13-15-22(16-14-21)32(29,30)27-24-12-6-10-20-9-4-5-11-23(20)24/h1-16,27H,17-18H2,(H,26,28). The fraction of sp³-hybridized carbons (Fsp3) is 0.0800.